The highest BCUT2D eigenvalue weighted by Gasteiger charge is 2.04. The summed E-state index contributed by atoms with van der Waals surface area (Å²) in [6, 6.07) is 6.90. The fourth-order valence-corrected chi connectivity index (χ4v) is 2.20. The molecule has 0 saturated carbocycles. The average molecular weight is 277 g/mol. The van der Waals surface area contributed by atoms with E-state index in [0.717, 1.165) is 16.5 Å². The molecule has 6 heteroatoms. The van der Waals surface area contributed by atoms with Crippen LogP contribution in [0.5, 0.6) is 5.75 Å². The molecule has 0 spiro atoms. The van der Waals surface area contributed by atoms with Crippen molar-refractivity contribution in [1.82, 2.24) is 10.3 Å². The van der Waals surface area contributed by atoms with E-state index in [1.54, 1.807) is 31.4 Å². The molecule has 2 amide bonds. The molecule has 2 N–H and O–H groups in total. The number of urea groups is 1. The molecule has 5 nitrogen and oxygen atoms in total. The third-order valence-corrected chi connectivity index (χ3v) is 3.38. The number of carbonyl (C=O) groups is 1. The highest BCUT2D eigenvalue weighted by atomic mass is 32.1. The first-order chi connectivity index (χ1) is 9.17. The normalized spacial score (nSPS) is 10.0. The Morgan fingerprint density at radius 3 is 2.68 bits per heavy atom. The minimum atomic E-state index is -0.252. The number of hydrogen-bond donors (Lipinski definition) is 2. The fraction of sp³-hybridized carbons (Fsp3) is 0.231. The van der Waals surface area contributed by atoms with Crippen molar-refractivity contribution in [3.63, 3.8) is 0 Å². The number of thiazole rings is 1. The van der Waals surface area contributed by atoms with Gasteiger partial charge in [-0.15, -0.1) is 11.3 Å². The van der Waals surface area contributed by atoms with Crippen LogP contribution in [0.3, 0.4) is 0 Å². The molecule has 0 radical (unpaired) electrons. The third-order valence-electron chi connectivity index (χ3n) is 2.41. The topological polar surface area (TPSA) is 63.2 Å². The van der Waals surface area contributed by atoms with Gasteiger partial charge >= 0.3 is 6.03 Å². The number of aromatic nitrogens is 1. The first-order valence-corrected chi connectivity index (χ1v) is 6.65. The lowest BCUT2D eigenvalue weighted by Gasteiger charge is -2.07. The van der Waals surface area contributed by atoms with Crippen LogP contribution in [0.4, 0.5) is 10.5 Å². The van der Waals surface area contributed by atoms with E-state index in [0.29, 0.717) is 12.2 Å². The van der Waals surface area contributed by atoms with Crippen LogP contribution in [0.25, 0.3) is 0 Å². The number of aryl methyl sites for hydroxylation is 1. The predicted molar refractivity (Wildman–Crippen MR) is 75.7 cm³/mol. The molecule has 1 heterocycles. The molecule has 0 bridgehead atoms. The third kappa shape index (κ3) is 3.96. The van der Waals surface area contributed by atoms with Crippen molar-refractivity contribution >= 4 is 23.1 Å². The van der Waals surface area contributed by atoms with Gasteiger partial charge in [0.2, 0.25) is 0 Å². The van der Waals surface area contributed by atoms with Crippen LogP contribution in [0.1, 0.15) is 10.7 Å². The van der Waals surface area contributed by atoms with Gasteiger partial charge in [-0.25, -0.2) is 9.78 Å². The van der Waals surface area contributed by atoms with Gasteiger partial charge in [0.25, 0.3) is 0 Å². The second kappa shape index (κ2) is 6.19. The molecule has 0 unspecified atom stereocenters. The van der Waals surface area contributed by atoms with Crippen molar-refractivity contribution in [2.24, 2.45) is 0 Å². The number of nitrogens with one attached hydrogen (secondary N) is 2. The molecule has 0 aliphatic heterocycles. The SMILES string of the molecule is COc1ccc(NC(=O)NCc2nc(C)cs2)cc1. The van der Waals surface area contributed by atoms with Crippen LogP contribution in [0.2, 0.25) is 0 Å². The van der Waals surface area contributed by atoms with Gasteiger partial charge in [-0.05, 0) is 31.2 Å². The van der Waals surface area contributed by atoms with E-state index in [2.05, 4.69) is 15.6 Å². The summed E-state index contributed by atoms with van der Waals surface area (Å²) in [5.41, 5.74) is 1.69. The Morgan fingerprint density at radius 1 is 1.37 bits per heavy atom. The molecule has 1 aromatic carbocycles. The molecule has 19 heavy (non-hydrogen) atoms. The van der Waals surface area contributed by atoms with Crippen molar-refractivity contribution in [2.45, 2.75) is 13.5 Å². The standard InChI is InChI=1S/C13H15N3O2S/c1-9-8-19-12(15-9)7-14-13(17)16-10-3-5-11(18-2)6-4-10/h3-6,8H,7H2,1-2H3,(H2,14,16,17). The summed E-state index contributed by atoms with van der Waals surface area (Å²) >= 11 is 1.53. The smallest absolute Gasteiger partial charge is 0.319 e. The maximum atomic E-state index is 11.7. The number of hydrogen-bond acceptors (Lipinski definition) is 4. The molecule has 100 valence electrons. The van der Waals surface area contributed by atoms with Crippen molar-refractivity contribution in [2.75, 3.05) is 12.4 Å². The van der Waals surface area contributed by atoms with E-state index < -0.39 is 0 Å². The minimum Gasteiger partial charge on any atom is -0.497 e. The molecule has 1 aromatic heterocycles. The number of rotatable bonds is 4. The Hall–Kier alpha value is -2.08. The predicted octanol–water partition coefficient (Wildman–Crippen LogP) is 2.78. The Labute approximate surface area is 115 Å². The van der Waals surface area contributed by atoms with E-state index in [-0.39, 0.29) is 6.03 Å². The Balaban J connectivity index is 1.83. The van der Waals surface area contributed by atoms with Crippen molar-refractivity contribution < 1.29 is 9.53 Å². The summed E-state index contributed by atoms with van der Waals surface area (Å²) in [6.07, 6.45) is 0. The fourth-order valence-electron chi connectivity index (χ4n) is 1.49. The zero-order valence-electron chi connectivity index (χ0n) is 10.8. The zero-order chi connectivity index (χ0) is 13.7. The van der Waals surface area contributed by atoms with Crippen molar-refractivity contribution in [1.29, 1.82) is 0 Å². The molecule has 2 aromatic rings. The second-order valence-electron chi connectivity index (χ2n) is 3.92. The minimum absolute atomic E-state index is 0.252. The Morgan fingerprint density at radius 2 is 2.11 bits per heavy atom. The summed E-state index contributed by atoms with van der Waals surface area (Å²) in [7, 11) is 1.60. The molecule has 2 rings (SSSR count). The summed E-state index contributed by atoms with van der Waals surface area (Å²) in [6.45, 7) is 2.36. The number of anilines is 1. The number of amides is 2. The van der Waals surface area contributed by atoms with Crippen molar-refractivity contribution in [3.8, 4) is 5.75 Å². The van der Waals surface area contributed by atoms with E-state index in [9.17, 15) is 4.79 Å². The van der Waals surface area contributed by atoms with E-state index in [4.69, 9.17) is 4.74 Å². The summed E-state index contributed by atoms with van der Waals surface area (Å²) in [5.74, 6) is 0.754. The maximum absolute atomic E-state index is 11.7. The van der Waals surface area contributed by atoms with Crippen LogP contribution in [-0.2, 0) is 6.54 Å². The molecular formula is C13H15N3O2S. The first kappa shape index (κ1) is 13.4. The number of carbonyl (C=O) groups excluding carboxylic acids is 1. The van der Waals surface area contributed by atoms with Crippen LogP contribution in [-0.4, -0.2) is 18.1 Å². The number of ether oxygens (including phenoxy) is 1. The van der Waals surface area contributed by atoms with Gasteiger partial charge in [0.1, 0.15) is 10.8 Å². The summed E-state index contributed by atoms with van der Waals surface area (Å²) in [4.78, 5) is 15.9. The number of methoxy groups -OCH3 is 1. The molecule has 0 aliphatic rings. The molecule has 0 fully saturated rings. The monoisotopic (exact) mass is 277 g/mol. The van der Waals surface area contributed by atoms with E-state index >= 15 is 0 Å². The van der Waals surface area contributed by atoms with Crippen LogP contribution >= 0.6 is 11.3 Å². The maximum Gasteiger partial charge on any atom is 0.319 e. The van der Waals surface area contributed by atoms with Gasteiger partial charge in [0, 0.05) is 16.8 Å². The lowest BCUT2D eigenvalue weighted by Crippen LogP contribution is -2.28. The quantitative estimate of drug-likeness (QED) is 0.903. The largest absolute Gasteiger partial charge is 0.497 e. The van der Waals surface area contributed by atoms with E-state index in [1.165, 1.54) is 11.3 Å². The zero-order valence-corrected chi connectivity index (χ0v) is 11.6. The van der Waals surface area contributed by atoms with Crippen molar-refractivity contribution in [3.05, 3.63) is 40.3 Å². The average Bonchev–Trinajstić information content (AvgIpc) is 2.83. The Bertz CT molecular complexity index is 551. The van der Waals surface area contributed by atoms with Crippen LogP contribution < -0.4 is 15.4 Å². The van der Waals surface area contributed by atoms with Gasteiger partial charge in [-0.3, -0.25) is 0 Å². The molecule has 0 saturated heterocycles. The van der Waals surface area contributed by atoms with E-state index in [1.807, 2.05) is 12.3 Å². The highest BCUT2D eigenvalue weighted by Crippen LogP contribution is 2.14. The number of benzene rings is 1. The van der Waals surface area contributed by atoms with Gasteiger partial charge in [0.05, 0.1) is 13.7 Å². The lowest BCUT2D eigenvalue weighted by atomic mass is 10.3. The first-order valence-electron chi connectivity index (χ1n) is 5.77. The van der Waals surface area contributed by atoms with Gasteiger partial charge in [-0.1, -0.05) is 0 Å². The number of nitrogens with zero attached hydrogens (tertiary/aromatic N) is 1. The van der Waals surface area contributed by atoms with Gasteiger partial charge < -0.3 is 15.4 Å². The van der Waals surface area contributed by atoms with Gasteiger partial charge in [0.15, 0.2) is 0 Å². The molecule has 0 atom stereocenters. The highest BCUT2D eigenvalue weighted by molar-refractivity contribution is 7.09. The summed E-state index contributed by atoms with van der Waals surface area (Å²) in [5, 5.41) is 8.35. The Kier molecular flexibility index (Phi) is 4.35. The second-order valence-corrected chi connectivity index (χ2v) is 4.86. The molecule has 0 aliphatic carbocycles. The molecular weight excluding hydrogens is 262 g/mol. The lowest BCUT2D eigenvalue weighted by molar-refractivity contribution is 0.251. The van der Waals surface area contributed by atoms with Gasteiger partial charge in [-0.2, -0.15) is 0 Å². The van der Waals surface area contributed by atoms with Crippen LogP contribution in [0, 0.1) is 6.92 Å². The van der Waals surface area contributed by atoms with Crippen LogP contribution in [0.15, 0.2) is 29.6 Å². The summed E-state index contributed by atoms with van der Waals surface area (Å²) < 4.78 is 5.05.